The van der Waals surface area contributed by atoms with Crippen LogP contribution in [0.5, 0.6) is 0 Å². The van der Waals surface area contributed by atoms with Crippen LogP contribution in [0.1, 0.15) is 16.1 Å². The van der Waals surface area contributed by atoms with Crippen LogP contribution < -0.4 is 0 Å². The first kappa shape index (κ1) is 15.6. The monoisotopic (exact) mass is 335 g/mol. The van der Waals surface area contributed by atoms with E-state index in [0.29, 0.717) is 6.07 Å². The number of alkyl halides is 3. The van der Waals surface area contributed by atoms with Crippen molar-refractivity contribution in [1.82, 2.24) is 4.98 Å². The van der Waals surface area contributed by atoms with Crippen molar-refractivity contribution in [3.8, 4) is 11.3 Å². The van der Waals surface area contributed by atoms with Crippen LogP contribution in [-0.2, 0) is 6.18 Å². The lowest BCUT2D eigenvalue weighted by Gasteiger charge is -2.13. The van der Waals surface area contributed by atoms with Crippen LogP contribution in [0.3, 0.4) is 0 Å². The molecule has 1 aromatic heterocycles. The molecule has 8 heteroatoms. The SMILES string of the molecule is O=C(O)c1ccc(C(F)(F)F)c(-c2ccc(Cl)cc2Cl)n1. The van der Waals surface area contributed by atoms with E-state index in [9.17, 15) is 18.0 Å². The number of aromatic nitrogens is 1. The van der Waals surface area contributed by atoms with Gasteiger partial charge in [-0.3, -0.25) is 0 Å². The zero-order valence-corrected chi connectivity index (χ0v) is 11.6. The summed E-state index contributed by atoms with van der Waals surface area (Å²) in [7, 11) is 0. The maximum absolute atomic E-state index is 13.0. The Bertz CT molecular complexity index is 717. The smallest absolute Gasteiger partial charge is 0.418 e. The fourth-order valence-electron chi connectivity index (χ4n) is 1.69. The normalized spacial score (nSPS) is 11.5. The maximum Gasteiger partial charge on any atom is 0.418 e. The number of aromatic carboxylic acids is 1. The second-order valence-electron chi connectivity index (χ2n) is 4.02. The Balaban J connectivity index is 2.74. The van der Waals surface area contributed by atoms with Gasteiger partial charge in [-0.2, -0.15) is 13.2 Å². The van der Waals surface area contributed by atoms with E-state index in [0.717, 1.165) is 6.07 Å². The van der Waals surface area contributed by atoms with Crippen LogP contribution in [0.2, 0.25) is 10.0 Å². The van der Waals surface area contributed by atoms with E-state index < -0.39 is 29.1 Å². The lowest BCUT2D eigenvalue weighted by atomic mass is 10.0. The maximum atomic E-state index is 13.0. The minimum atomic E-state index is -4.69. The number of nitrogens with zero attached hydrogens (tertiary/aromatic N) is 1. The van der Waals surface area contributed by atoms with Crippen LogP contribution in [0, 0.1) is 0 Å². The first-order valence-corrected chi connectivity index (χ1v) is 6.22. The number of carboxylic acid groups (broad SMARTS) is 1. The summed E-state index contributed by atoms with van der Waals surface area (Å²) in [6.07, 6.45) is -4.69. The predicted molar refractivity (Wildman–Crippen MR) is 71.7 cm³/mol. The Morgan fingerprint density at radius 1 is 1.14 bits per heavy atom. The molecule has 0 amide bonds. The van der Waals surface area contributed by atoms with E-state index in [1.807, 2.05) is 0 Å². The first-order valence-electron chi connectivity index (χ1n) is 5.47. The fraction of sp³-hybridized carbons (Fsp3) is 0.0769. The van der Waals surface area contributed by atoms with Gasteiger partial charge in [0.1, 0.15) is 5.69 Å². The standard InChI is InChI=1S/C13H6Cl2F3NO2/c14-6-1-2-7(9(15)5-6)11-8(13(16,17)18)3-4-10(19-11)12(20)21/h1-5H,(H,20,21). The molecule has 0 spiro atoms. The van der Waals surface area contributed by atoms with E-state index >= 15 is 0 Å². The van der Waals surface area contributed by atoms with E-state index in [4.69, 9.17) is 28.3 Å². The quantitative estimate of drug-likeness (QED) is 0.859. The summed E-state index contributed by atoms with van der Waals surface area (Å²) in [5.41, 5.74) is -2.18. The minimum absolute atomic E-state index is 0.0449. The third kappa shape index (κ3) is 3.28. The van der Waals surface area contributed by atoms with Gasteiger partial charge in [0.05, 0.1) is 16.3 Å². The van der Waals surface area contributed by atoms with Gasteiger partial charge in [0.25, 0.3) is 0 Å². The van der Waals surface area contributed by atoms with Crippen LogP contribution in [0.4, 0.5) is 13.2 Å². The number of halogens is 5. The highest BCUT2D eigenvalue weighted by Crippen LogP contribution is 2.39. The fourth-order valence-corrected chi connectivity index (χ4v) is 2.19. The summed E-state index contributed by atoms with van der Waals surface area (Å²) in [5, 5.41) is 9.06. The molecule has 0 aliphatic heterocycles. The zero-order chi connectivity index (χ0) is 15.8. The Labute approximate surface area is 126 Å². The van der Waals surface area contributed by atoms with E-state index in [-0.39, 0.29) is 15.6 Å². The molecule has 0 unspecified atom stereocenters. The molecule has 3 nitrogen and oxygen atoms in total. The molecule has 0 fully saturated rings. The highest BCUT2D eigenvalue weighted by atomic mass is 35.5. The highest BCUT2D eigenvalue weighted by Gasteiger charge is 2.35. The first-order chi connectivity index (χ1) is 9.70. The Morgan fingerprint density at radius 2 is 1.81 bits per heavy atom. The van der Waals surface area contributed by atoms with Gasteiger partial charge < -0.3 is 5.11 Å². The topological polar surface area (TPSA) is 50.2 Å². The Morgan fingerprint density at radius 3 is 2.33 bits per heavy atom. The predicted octanol–water partition coefficient (Wildman–Crippen LogP) is 4.77. The minimum Gasteiger partial charge on any atom is -0.477 e. The third-order valence-electron chi connectivity index (χ3n) is 2.61. The summed E-state index contributed by atoms with van der Waals surface area (Å²) in [5.74, 6) is -1.44. The molecule has 0 aliphatic rings. The van der Waals surface area contributed by atoms with Gasteiger partial charge in [-0.05, 0) is 30.3 Å². The van der Waals surface area contributed by atoms with Crippen molar-refractivity contribution in [2.45, 2.75) is 6.18 Å². The number of benzene rings is 1. The summed E-state index contributed by atoms with van der Waals surface area (Å²) in [6.45, 7) is 0. The molecule has 1 N–H and O–H groups in total. The van der Waals surface area contributed by atoms with Crippen molar-refractivity contribution >= 4 is 29.2 Å². The van der Waals surface area contributed by atoms with Gasteiger partial charge >= 0.3 is 12.1 Å². The largest absolute Gasteiger partial charge is 0.477 e. The summed E-state index contributed by atoms with van der Waals surface area (Å²) in [4.78, 5) is 14.4. The molecule has 0 aliphatic carbocycles. The molecule has 110 valence electrons. The second-order valence-corrected chi connectivity index (χ2v) is 4.86. The summed E-state index contributed by atoms with van der Waals surface area (Å²) < 4.78 is 39.1. The summed E-state index contributed by atoms with van der Waals surface area (Å²) in [6, 6.07) is 5.31. The van der Waals surface area contributed by atoms with Gasteiger partial charge in [0.2, 0.25) is 0 Å². The Hall–Kier alpha value is -1.79. The highest BCUT2D eigenvalue weighted by molar-refractivity contribution is 6.36. The van der Waals surface area contributed by atoms with Crippen LogP contribution in [-0.4, -0.2) is 16.1 Å². The molecule has 2 aromatic rings. The molecule has 0 saturated carbocycles. The number of carboxylic acids is 1. The average Bonchev–Trinajstić information content (AvgIpc) is 2.36. The van der Waals surface area contributed by atoms with Gasteiger partial charge in [-0.15, -0.1) is 0 Å². The number of pyridine rings is 1. The van der Waals surface area contributed by atoms with Crippen molar-refractivity contribution in [1.29, 1.82) is 0 Å². The Kier molecular flexibility index (Phi) is 4.11. The van der Waals surface area contributed by atoms with Crippen molar-refractivity contribution in [2.75, 3.05) is 0 Å². The van der Waals surface area contributed by atoms with Crippen molar-refractivity contribution in [3.05, 3.63) is 51.6 Å². The molecular weight excluding hydrogens is 330 g/mol. The number of rotatable bonds is 2. The third-order valence-corrected chi connectivity index (χ3v) is 3.15. The molecule has 2 rings (SSSR count). The number of carbonyl (C=O) groups is 1. The molecule has 0 atom stereocenters. The molecule has 1 aromatic carbocycles. The van der Waals surface area contributed by atoms with E-state index in [1.165, 1.54) is 18.2 Å². The van der Waals surface area contributed by atoms with Gasteiger partial charge in [0.15, 0.2) is 0 Å². The van der Waals surface area contributed by atoms with Gasteiger partial charge in [-0.1, -0.05) is 23.2 Å². The van der Waals surface area contributed by atoms with Gasteiger partial charge in [0, 0.05) is 10.6 Å². The van der Waals surface area contributed by atoms with Crippen LogP contribution >= 0.6 is 23.2 Å². The average molecular weight is 336 g/mol. The van der Waals surface area contributed by atoms with Crippen molar-refractivity contribution in [3.63, 3.8) is 0 Å². The van der Waals surface area contributed by atoms with Crippen molar-refractivity contribution < 1.29 is 23.1 Å². The molecule has 0 saturated heterocycles. The molecule has 21 heavy (non-hydrogen) atoms. The second kappa shape index (κ2) is 5.54. The zero-order valence-electron chi connectivity index (χ0n) is 10.1. The lowest BCUT2D eigenvalue weighted by molar-refractivity contribution is -0.137. The summed E-state index contributed by atoms with van der Waals surface area (Å²) >= 11 is 11.6. The van der Waals surface area contributed by atoms with Gasteiger partial charge in [-0.25, -0.2) is 9.78 Å². The number of hydrogen-bond acceptors (Lipinski definition) is 2. The lowest BCUT2D eigenvalue weighted by Crippen LogP contribution is -2.11. The molecule has 0 bridgehead atoms. The van der Waals surface area contributed by atoms with Crippen molar-refractivity contribution in [2.24, 2.45) is 0 Å². The molecule has 0 radical (unpaired) electrons. The van der Waals surface area contributed by atoms with Crippen LogP contribution in [0.25, 0.3) is 11.3 Å². The van der Waals surface area contributed by atoms with E-state index in [1.54, 1.807) is 0 Å². The molecule has 1 heterocycles. The number of hydrogen-bond donors (Lipinski definition) is 1. The van der Waals surface area contributed by atoms with Crippen LogP contribution in [0.15, 0.2) is 30.3 Å². The molecular formula is C13H6Cl2F3NO2. The van der Waals surface area contributed by atoms with E-state index in [2.05, 4.69) is 4.98 Å².